The van der Waals surface area contributed by atoms with Crippen LogP contribution in [0, 0.1) is 5.92 Å². The van der Waals surface area contributed by atoms with E-state index in [9.17, 15) is 17.6 Å². The molecule has 76 valence electrons. The zero-order valence-electron chi connectivity index (χ0n) is 6.98. The van der Waals surface area contributed by atoms with Gasteiger partial charge in [0.05, 0.1) is 0 Å². The zero-order valence-corrected chi connectivity index (χ0v) is 6.98. The molecule has 1 aliphatic carbocycles. The number of allylic oxidation sites excluding steroid dienone is 1. The van der Waals surface area contributed by atoms with E-state index in [1.807, 2.05) is 0 Å². The molecule has 0 aliphatic heterocycles. The molecule has 0 aromatic rings. The summed E-state index contributed by atoms with van der Waals surface area (Å²) in [7, 11) is 0. The maximum absolute atomic E-state index is 12.9. The molecule has 0 fully saturated rings. The van der Waals surface area contributed by atoms with Crippen LogP contribution in [0.25, 0.3) is 0 Å². The molecule has 3 unspecified atom stereocenters. The summed E-state index contributed by atoms with van der Waals surface area (Å²) in [4.78, 5) is 0. The highest BCUT2D eigenvalue weighted by Gasteiger charge is 2.45. The Bertz CT molecular complexity index is 228. The van der Waals surface area contributed by atoms with Gasteiger partial charge < -0.3 is 5.11 Å². The first-order valence-corrected chi connectivity index (χ1v) is 4.02. The van der Waals surface area contributed by atoms with Crippen LogP contribution in [0.1, 0.15) is 13.3 Å². The molecule has 1 N–H and O–H groups in total. The fraction of sp³-hybridized carbons (Fsp3) is 0.750. The minimum absolute atomic E-state index is 0.0342. The van der Waals surface area contributed by atoms with Crippen LogP contribution >= 0.6 is 0 Å². The highest BCUT2D eigenvalue weighted by molar-refractivity contribution is 5.18. The van der Waals surface area contributed by atoms with Crippen molar-refractivity contribution in [2.45, 2.75) is 31.8 Å². The molecule has 4 atom stereocenters. The van der Waals surface area contributed by atoms with Gasteiger partial charge in [0.1, 0.15) is 18.1 Å². The molecule has 0 aromatic heterocycles. The van der Waals surface area contributed by atoms with Gasteiger partial charge in [-0.15, -0.1) is 0 Å². The quantitative estimate of drug-likeness (QED) is 0.640. The number of alkyl halides is 2. The Morgan fingerprint density at radius 2 is 1.69 bits per heavy atom. The van der Waals surface area contributed by atoms with Crippen LogP contribution in [-0.2, 0) is 0 Å². The highest BCUT2D eigenvalue weighted by atomic mass is 19.2. The Labute approximate surface area is 73.1 Å². The van der Waals surface area contributed by atoms with Crippen LogP contribution < -0.4 is 0 Å². The standard InChI is InChI=1S/C8H10F4O/c1-2-3-4(9)6(11)8(13)7(12)5(3)10/h3-4,6,8,13H,2H2,1H3/t3?,4?,6-,8?/m0/s1. The summed E-state index contributed by atoms with van der Waals surface area (Å²) in [5.74, 6) is -4.34. The number of rotatable bonds is 1. The maximum atomic E-state index is 12.9. The van der Waals surface area contributed by atoms with Crippen molar-refractivity contribution in [3.63, 3.8) is 0 Å². The predicted octanol–water partition coefficient (Wildman–Crippen LogP) is 2.21. The fourth-order valence-corrected chi connectivity index (χ4v) is 1.40. The van der Waals surface area contributed by atoms with E-state index in [2.05, 4.69) is 0 Å². The van der Waals surface area contributed by atoms with Gasteiger partial charge in [0.15, 0.2) is 12.0 Å². The minimum atomic E-state index is -2.37. The van der Waals surface area contributed by atoms with Crippen molar-refractivity contribution in [3.05, 3.63) is 11.7 Å². The molecule has 0 radical (unpaired) electrons. The second-order valence-corrected chi connectivity index (χ2v) is 3.04. The Morgan fingerprint density at radius 1 is 1.15 bits per heavy atom. The number of halogens is 4. The van der Waals surface area contributed by atoms with Gasteiger partial charge in [-0.3, -0.25) is 0 Å². The number of aliphatic hydroxyl groups excluding tert-OH is 1. The first kappa shape index (κ1) is 10.5. The van der Waals surface area contributed by atoms with Gasteiger partial charge in [-0.2, -0.15) is 0 Å². The summed E-state index contributed by atoms with van der Waals surface area (Å²) >= 11 is 0. The third-order valence-corrected chi connectivity index (χ3v) is 2.24. The molecule has 0 aromatic carbocycles. The van der Waals surface area contributed by atoms with E-state index in [0.717, 1.165) is 0 Å². The normalized spacial score (nSPS) is 41.1. The molecular weight excluding hydrogens is 188 g/mol. The summed E-state index contributed by atoms with van der Waals surface area (Å²) in [5.41, 5.74) is 0. The van der Waals surface area contributed by atoms with E-state index < -0.39 is 36.0 Å². The molecule has 5 heteroatoms. The molecule has 13 heavy (non-hydrogen) atoms. The monoisotopic (exact) mass is 198 g/mol. The van der Waals surface area contributed by atoms with Crippen molar-refractivity contribution in [2.24, 2.45) is 5.92 Å². The largest absolute Gasteiger partial charge is 0.383 e. The molecule has 1 aliphatic rings. The number of hydrogen-bond donors (Lipinski definition) is 1. The molecule has 1 nitrogen and oxygen atoms in total. The van der Waals surface area contributed by atoms with E-state index in [-0.39, 0.29) is 6.42 Å². The van der Waals surface area contributed by atoms with Gasteiger partial charge in [-0.05, 0) is 6.42 Å². The highest BCUT2D eigenvalue weighted by Crippen LogP contribution is 2.37. The van der Waals surface area contributed by atoms with Crippen molar-refractivity contribution in [1.29, 1.82) is 0 Å². The van der Waals surface area contributed by atoms with Crippen LogP contribution in [-0.4, -0.2) is 23.6 Å². The molecular formula is C8H10F4O. The van der Waals surface area contributed by atoms with Crippen LogP contribution in [0.5, 0.6) is 0 Å². The van der Waals surface area contributed by atoms with Gasteiger partial charge >= 0.3 is 0 Å². The molecule has 0 bridgehead atoms. The average Bonchev–Trinajstić information content (AvgIpc) is 2.13. The van der Waals surface area contributed by atoms with E-state index in [1.54, 1.807) is 0 Å². The summed E-state index contributed by atoms with van der Waals surface area (Å²) < 4.78 is 51.2. The average molecular weight is 198 g/mol. The first-order chi connectivity index (χ1) is 6.00. The van der Waals surface area contributed by atoms with E-state index in [4.69, 9.17) is 5.11 Å². The van der Waals surface area contributed by atoms with Crippen LogP contribution in [0.3, 0.4) is 0 Å². The number of hydrogen-bond acceptors (Lipinski definition) is 1. The lowest BCUT2D eigenvalue weighted by molar-refractivity contribution is -0.00652. The first-order valence-electron chi connectivity index (χ1n) is 4.02. The summed E-state index contributed by atoms with van der Waals surface area (Å²) in [6.45, 7) is 1.43. The Kier molecular flexibility index (Phi) is 2.95. The smallest absolute Gasteiger partial charge is 0.164 e. The Balaban J connectivity index is 3.01. The summed E-state index contributed by atoms with van der Waals surface area (Å²) in [6.07, 6.45) is -6.87. The van der Waals surface area contributed by atoms with Gasteiger partial charge in [0, 0.05) is 5.92 Å². The molecule has 0 heterocycles. The van der Waals surface area contributed by atoms with Crippen LogP contribution in [0.15, 0.2) is 11.7 Å². The van der Waals surface area contributed by atoms with E-state index in [1.165, 1.54) is 6.92 Å². The van der Waals surface area contributed by atoms with Crippen molar-refractivity contribution >= 4 is 0 Å². The lowest BCUT2D eigenvalue weighted by Crippen LogP contribution is -2.41. The second kappa shape index (κ2) is 3.65. The minimum Gasteiger partial charge on any atom is -0.383 e. The van der Waals surface area contributed by atoms with Crippen molar-refractivity contribution in [2.75, 3.05) is 0 Å². The van der Waals surface area contributed by atoms with Crippen molar-refractivity contribution in [1.82, 2.24) is 0 Å². The third kappa shape index (κ3) is 1.57. The fourth-order valence-electron chi connectivity index (χ4n) is 1.40. The second-order valence-electron chi connectivity index (χ2n) is 3.04. The summed E-state index contributed by atoms with van der Waals surface area (Å²) in [5, 5.41) is 8.71. The SMILES string of the molecule is CCC1C(F)=C(F)C(O)[C@@H](F)C1F. The topological polar surface area (TPSA) is 20.2 Å². The molecule has 0 saturated carbocycles. The van der Waals surface area contributed by atoms with Gasteiger partial charge in [-0.1, -0.05) is 6.92 Å². The van der Waals surface area contributed by atoms with E-state index in [0.29, 0.717) is 0 Å². The molecule has 1 rings (SSSR count). The van der Waals surface area contributed by atoms with Crippen molar-refractivity contribution < 1.29 is 22.7 Å². The third-order valence-electron chi connectivity index (χ3n) is 2.24. The molecule has 0 saturated heterocycles. The Hall–Kier alpha value is -0.580. The van der Waals surface area contributed by atoms with Gasteiger partial charge in [0.2, 0.25) is 0 Å². The van der Waals surface area contributed by atoms with E-state index >= 15 is 0 Å². The van der Waals surface area contributed by atoms with Crippen LogP contribution in [0.4, 0.5) is 17.6 Å². The lowest BCUT2D eigenvalue weighted by atomic mass is 9.87. The Morgan fingerprint density at radius 3 is 2.15 bits per heavy atom. The van der Waals surface area contributed by atoms with Crippen LogP contribution in [0.2, 0.25) is 0 Å². The number of aliphatic hydroxyl groups is 1. The zero-order chi connectivity index (χ0) is 10.2. The van der Waals surface area contributed by atoms with Crippen molar-refractivity contribution in [3.8, 4) is 0 Å². The maximum Gasteiger partial charge on any atom is 0.164 e. The molecule has 0 amide bonds. The van der Waals surface area contributed by atoms with Gasteiger partial charge in [0.25, 0.3) is 0 Å². The predicted molar refractivity (Wildman–Crippen MR) is 38.8 cm³/mol. The lowest BCUT2D eigenvalue weighted by Gasteiger charge is -2.29. The summed E-state index contributed by atoms with van der Waals surface area (Å²) in [6, 6.07) is 0. The molecule has 0 spiro atoms. The van der Waals surface area contributed by atoms with Gasteiger partial charge in [-0.25, -0.2) is 17.6 Å².